The lowest BCUT2D eigenvalue weighted by Gasteiger charge is -2.34. The SMILES string of the molecule is CCCNC(=O)C[C@H]1C(=O)NCCN1Cc1ccc(F)c(F)c1. The predicted molar refractivity (Wildman–Crippen MR) is 81.5 cm³/mol. The highest BCUT2D eigenvalue weighted by Crippen LogP contribution is 2.16. The van der Waals surface area contributed by atoms with E-state index in [1.165, 1.54) is 6.07 Å². The molecule has 1 atom stereocenters. The molecule has 2 N–H and O–H groups in total. The van der Waals surface area contributed by atoms with Crippen LogP contribution in [0.1, 0.15) is 25.3 Å². The van der Waals surface area contributed by atoms with Gasteiger partial charge >= 0.3 is 0 Å². The van der Waals surface area contributed by atoms with E-state index in [0.717, 1.165) is 18.6 Å². The molecule has 1 aliphatic heterocycles. The van der Waals surface area contributed by atoms with Gasteiger partial charge < -0.3 is 10.6 Å². The van der Waals surface area contributed by atoms with Gasteiger partial charge in [-0.25, -0.2) is 8.78 Å². The van der Waals surface area contributed by atoms with E-state index in [0.29, 0.717) is 25.2 Å². The van der Waals surface area contributed by atoms with Crippen molar-refractivity contribution >= 4 is 11.8 Å². The number of nitrogens with zero attached hydrogens (tertiary/aromatic N) is 1. The van der Waals surface area contributed by atoms with Gasteiger partial charge in [0.15, 0.2) is 11.6 Å². The van der Waals surface area contributed by atoms with E-state index >= 15 is 0 Å². The predicted octanol–water partition coefficient (Wildman–Crippen LogP) is 1.18. The summed E-state index contributed by atoms with van der Waals surface area (Å²) in [6.07, 6.45) is 0.872. The Kier molecular flexibility index (Phi) is 6.04. The van der Waals surface area contributed by atoms with Crippen molar-refractivity contribution < 1.29 is 18.4 Å². The maximum atomic E-state index is 13.3. The van der Waals surface area contributed by atoms with E-state index in [-0.39, 0.29) is 24.8 Å². The molecule has 2 rings (SSSR count). The summed E-state index contributed by atoms with van der Waals surface area (Å²) in [5.41, 5.74) is 0.567. The number of hydrogen-bond donors (Lipinski definition) is 2. The number of nitrogens with one attached hydrogen (secondary N) is 2. The lowest BCUT2D eigenvalue weighted by molar-refractivity contribution is -0.134. The summed E-state index contributed by atoms with van der Waals surface area (Å²) in [5, 5.41) is 5.48. The highest BCUT2D eigenvalue weighted by molar-refractivity contribution is 5.88. The zero-order valence-electron chi connectivity index (χ0n) is 13.1. The van der Waals surface area contributed by atoms with Crippen molar-refractivity contribution in [1.29, 1.82) is 0 Å². The first kappa shape index (κ1) is 17.3. The van der Waals surface area contributed by atoms with Crippen molar-refractivity contribution in [2.24, 2.45) is 0 Å². The maximum absolute atomic E-state index is 13.3. The number of carbonyl (C=O) groups excluding carboxylic acids is 2. The van der Waals surface area contributed by atoms with Crippen LogP contribution < -0.4 is 10.6 Å². The van der Waals surface area contributed by atoms with Gasteiger partial charge in [-0.2, -0.15) is 0 Å². The van der Waals surface area contributed by atoms with Gasteiger partial charge in [0.1, 0.15) is 0 Å². The summed E-state index contributed by atoms with van der Waals surface area (Å²) >= 11 is 0. The first-order valence-electron chi connectivity index (χ1n) is 7.73. The molecule has 1 saturated heterocycles. The molecule has 23 heavy (non-hydrogen) atoms. The van der Waals surface area contributed by atoms with Crippen LogP contribution >= 0.6 is 0 Å². The zero-order chi connectivity index (χ0) is 16.8. The van der Waals surface area contributed by atoms with Crippen LogP contribution in [-0.2, 0) is 16.1 Å². The second-order valence-corrected chi connectivity index (χ2v) is 5.58. The molecule has 0 spiro atoms. The largest absolute Gasteiger partial charge is 0.356 e. The third-order valence-corrected chi connectivity index (χ3v) is 3.76. The first-order valence-corrected chi connectivity index (χ1v) is 7.73. The zero-order valence-corrected chi connectivity index (χ0v) is 13.1. The van der Waals surface area contributed by atoms with Crippen molar-refractivity contribution in [1.82, 2.24) is 15.5 Å². The van der Waals surface area contributed by atoms with Gasteiger partial charge in [-0.3, -0.25) is 14.5 Å². The van der Waals surface area contributed by atoms with Crippen LogP contribution in [0, 0.1) is 11.6 Å². The van der Waals surface area contributed by atoms with Gasteiger partial charge in [-0.1, -0.05) is 13.0 Å². The molecule has 2 amide bonds. The molecule has 0 bridgehead atoms. The number of benzene rings is 1. The topological polar surface area (TPSA) is 61.4 Å². The summed E-state index contributed by atoms with van der Waals surface area (Å²) < 4.78 is 26.3. The molecule has 7 heteroatoms. The van der Waals surface area contributed by atoms with E-state index in [4.69, 9.17) is 0 Å². The van der Waals surface area contributed by atoms with Crippen LogP contribution in [0.25, 0.3) is 0 Å². The Balaban J connectivity index is 2.05. The lowest BCUT2D eigenvalue weighted by atomic mass is 10.1. The van der Waals surface area contributed by atoms with E-state index < -0.39 is 17.7 Å². The Hall–Kier alpha value is -2.02. The Morgan fingerprint density at radius 3 is 2.87 bits per heavy atom. The number of rotatable bonds is 6. The average molecular weight is 325 g/mol. The lowest BCUT2D eigenvalue weighted by Crippen LogP contribution is -2.56. The third-order valence-electron chi connectivity index (χ3n) is 3.76. The van der Waals surface area contributed by atoms with Gasteiger partial charge in [0.25, 0.3) is 0 Å². The highest BCUT2D eigenvalue weighted by atomic mass is 19.2. The molecule has 0 aromatic heterocycles. The van der Waals surface area contributed by atoms with Crippen LogP contribution in [0.15, 0.2) is 18.2 Å². The maximum Gasteiger partial charge on any atom is 0.237 e. The molecule has 1 aromatic carbocycles. The molecular formula is C16H21F2N3O2. The van der Waals surface area contributed by atoms with Crippen LogP contribution in [0.3, 0.4) is 0 Å². The Bertz CT molecular complexity index is 580. The molecule has 1 fully saturated rings. The molecule has 0 aliphatic carbocycles. The van der Waals surface area contributed by atoms with E-state index in [2.05, 4.69) is 10.6 Å². The number of amides is 2. The standard InChI is InChI=1S/C16H21F2N3O2/c1-2-5-19-15(22)9-14-16(23)20-6-7-21(14)10-11-3-4-12(17)13(18)8-11/h3-4,8,14H,2,5-7,9-10H2,1H3,(H,19,22)(H,20,23)/t14-/m0/s1. The third kappa shape index (κ3) is 4.72. The second-order valence-electron chi connectivity index (χ2n) is 5.58. The van der Waals surface area contributed by atoms with Gasteiger partial charge in [0.2, 0.25) is 11.8 Å². The van der Waals surface area contributed by atoms with E-state index in [1.807, 2.05) is 11.8 Å². The molecule has 126 valence electrons. The molecule has 0 radical (unpaired) electrons. The summed E-state index contributed by atoms with van der Waals surface area (Å²) in [4.78, 5) is 25.8. The Morgan fingerprint density at radius 2 is 2.17 bits per heavy atom. The molecule has 0 unspecified atom stereocenters. The number of carbonyl (C=O) groups is 2. The summed E-state index contributed by atoms with van der Waals surface area (Å²) in [7, 11) is 0. The van der Waals surface area contributed by atoms with Crippen molar-refractivity contribution in [2.75, 3.05) is 19.6 Å². The molecule has 5 nitrogen and oxygen atoms in total. The fourth-order valence-corrected chi connectivity index (χ4v) is 2.56. The van der Waals surface area contributed by atoms with Crippen LogP contribution in [0.4, 0.5) is 8.78 Å². The molecular weight excluding hydrogens is 304 g/mol. The van der Waals surface area contributed by atoms with Crippen molar-refractivity contribution in [3.63, 3.8) is 0 Å². The summed E-state index contributed by atoms with van der Waals surface area (Å²) in [5.74, 6) is -2.23. The average Bonchev–Trinajstić information content (AvgIpc) is 2.52. The summed E-state index contributed by atoms with van der Waals surface area (Å²) in [6.45, 7) is 3.82. The highest BCUT2D eigenvalue weighted by Gasteiger charge is 2.31. The van der Waals surface area contributed by atoms with Gasteiger partial charge in [-0.15, -0.1) is 0 Å². The van der Waals surface area contributed by atoms with Crippen LogP contribution in [0.2, 0.25) is 0 Å². The smallest absolute Gasteiger partial charge is 0.237 e. The minimum Gasteiger partial charge on any atom is -0.356 e. The van der Waals surface area contributed by atoms with Crippen LogP contribution in [-0.4, -0.2) is 42.4 Å². The van der Waals surface area contributed by atoms with Gasteiger partial charge in [0, 0.05) is 26.2 Å². The molecule has 1 aromatic rings. The number of halogens is 2. The van der Waals surface area contributed by atoms with Gasteiger partial charge in [-0.05, 0) is 24.1 Å². The normalized spacial score (nSPS) is 18.6. The quantitative estimate of drug-likeness (QED) is 0.826. The summed E-state index contributed by atoms with van der Waals surface area (Å²) in [6, 6.07) is 3.07. The fourth-order valence-electron chi connectivity index (χ4n) is 2.56. The second kappa shape index (κ2) is 8.01. The van der Waals surface area contributed by atoms with E-state index in [1.54, 1.807) is 0 Å². The van der Waals surface area contributed by atoms with Crippen LogP contribution in [0.5, 0.6) is 0 Å². The van der Waals surface area contributed by atoms with Gasteiger partial charge in [0.05, 0.1) is 12.5 Å². The van der Waals surface area contributed by atoms with Crippen molar-refractivity contribution in [3.05, 3.63) is 35.4 Å². The Morgan fingerprint density at radius 1 is 1.39 bits per heavy atom. The van der Waals surface area contributed by atoms with Crippen molar-refractivity contribution in [3.8, 4) is 0 Å². The number of piperazine rings is 1. The minimum atomic E-state index is -0.916. The molecule has 1 heterocycles. The number of hydrogen-bond acceptors (Lipinski definition) is 3. The Labute approximate surface area is 134 Å². The van der Waals surface area contributed by atoms with Crippen molar-refractivity contribution in [2.45, 2.75) is 32.4 Å². The minimum absolute atomic E-state index is 0.0511. The monoisotopic (exact) mass is 325 g/mol. The molecule has 1 aliphatic rings. The fraction of sp³-hybridized carbons (Fsp3) is 0.500. The first-order chi connectivity index (χ1) is 11.0. The van der Waals surface area contributed by atoms with E-state index in [9.17, 15) is 18.4 Å². The molecule has 0 saturated carbocycles.